The van der Waals surface area contributed by atoms with Crippen LogP contribution < -0.4 is 21.0 Å². The van der Waals surface area contributed by atoms with Crippen LogP contribution in [0.25, 0.3) is 32.7 Å². The molecule has 0 aliphatic heterocycles. The number of hydrogen-bond donors (Lipinski definition) is 2. The molecule has 2 nitrogen and oxygen atoms in total. The molecule has 0 aliphatic carbocycles. The van der Waals surface area contributed by atoms with Gasteiger partial charge >= 0.3 is 233 Å². The van der Waals surface area contributed by atoms with Crippen LogP contribution in [0.5, 0.6) is 0 Å². The first-order valence-electron chi connectivity index (χ1n) is 13.0. The standard InChI is InChI=1S/C34H29N2PSe/c1-2-35-31-23-21-25-13-9-11-19-29(25)33(31)34-30-20-12-10-14-26(30)22-24-32(34)36-37(38,27-15-5-3-6-16-27)28-17-7-4-8-18-28/h3-24,35H,2H2,1H3,(H,36,38). The van der Waals surface area contributed by atoms with Crippen molar-refractivity contribution < 1.29 is 0 Å². The van der Waals surface area contributed by atoms with E-state index in [4.69, 9.17) is 0 Å². The molecule has 0 bridgehead atoms. The van der Waals surface area contributed by atoms with Crippen molar-refractivity contribution in [1.29, 1.82) is 0 Å². The topological polar surface area (TPSA) is 24.1 Å². The second kappa shape index (κ2) is 10.6. The normalized spacial score (nSPS) is 11.5. The van der Waals surface area contributed by atoms with E-state index in [0.717, 1.165) is 17.9 Å². The van der Waals surface area contributed by atoms with Crippen molar-refractivity contribution in [1.82, 2.24) is 0 Å². The summed E-state index contributed by atoms with van der Waals surface area (Å²) in [5.74, 6) is 0. The SMILES string of the molecule is CCNc1ccc2ccccc2c1-c1c(NP(=[Se])(c2ccccc2)c2ccccc2)ccc2ccccc12. The fourth-order valence-corrected chi connectivity index (χ4v) is 9.65. The van der Waals surface area contributed by atoms with Crippen molar-refractivity contribution in [3.8, 4) is 11.1 Å². The molecule has 6 aromatic rings. The Morgan fingerprint density at radius 2 is 0.974 bits per heavy atom. The van der Waals surface area contributed by atoms with Gasteiger partial charge in [-0.2, -0.15) is 0 Å². The van der Waals surface area contributed by atoms with Crippen LogP contribution in [0.4, 0.5) is 11.4 Å². The summed E-state index contributed by atoms with van der Waals surface area (Å²) < 4.78 is 0. The third kappa shape index (κ3) is 4.48. The van der Waals surface area contributed by atoms with Crippen molar-refractivity contribution in [2.75, 3.05) is 16.9 Å². The van der Waals surface area contributed by atoms with Gasteiger partial charge in [-0.1, -0.05) is 0 Å². The number of hydrogen-bond acceptors (Lipinski definition) is 2. The predicted molar refractivity (Wildman–Crippen MR) is 170 cm³/mol. The molecule has 0 heterocycles. The molecule has 0 saturated carbocycles. The first kappa shape index (κ1) is 24.7. The number of fused-ring (bicyclic) bond motifs is 2. The molecular weight excluding hydrogens is 546 g/mol. The molecule has 0 aromatic heterocycles. The zero-order valence-corrected chi connectivity index (χ0v) is 23.9. The Morgan fingerprint density at radius 3 is 1.50 bits per heavy atom. The van der Waals surface area contributed by atoms with Crippen LogP contribution in [0.2, 0.25) is 0 Å². The van der Waals surface area contributed by atoms with E-state index in [1.165, 1.54) is 43.3 Å². The Labute approximate surface area is 232 Å². The maximum absolute atomic E-state index is 4.11. The fourth-order valence-electron chi connectivity index (χ4n) is 5.24. The Kier molecular flexibility index (Phi) is 6.92. The first-order chi connectivity index (χ1) is 18.7. The van der Waals surface area contributed by atoms with Crippen LogP contribution in [-0.2, 0) is 0 Å². The van der Waals surface area contributed by atoms with E-state index < -0.39 is 5.66 Å². The van der Waals surface area contributed by atoms with Crippen LogP contribution in [-0.4, -0.2) is 21.6 Å². The van der Waals surface area contributed by atoms with Crippen molar-refractivity contribution in [3.05, 3.63) is 133 Å². The summed E-state index contributed by atoms with van der Waals surface area (Å²) in [6.07, 6.45) is 0. The van der Waals surface area contributed by atoms with E-state index in [0.29, 0.717) is 0 Å². The van der Waals surface area contributed by atoms with E-state index >= 15 is 0 Å². The van der Waals surface area contributed by atoms with Gasteiger partial charge in [-0.15, -0.1) is 0 Å². The maximum atomic E-state index is 4.11. The number of rotatable bonds is 7. The van der Waals surface area contributed by atoms with Crippen molar-refractivity contribution in [2.24, 2.45) is 0 Å². The van der Waals surface area contributed by atoms with Crippen molar-refractivity contribution >= 4 is 64.3 Å². The molecule has 0 atom stereocenters. The van der Waals surface area contributed by atoms with Gasteiger partial charge < -0.3 is 0 Å². The summed E-state index contributed by atoms with van der Waals surface area (Å²) in [6, 6.07) is 47.9. The average Bonchev–Trinajstić information content (AvgIpc) is 2.98. The van der Waals surface area contributed by atoms with E-state index in [1.807, 2.05) is 0 Å². The Balaban J connectivity index is 1.67. The molecule has 0 unspecified atom stereocenters. The molecule has 6 aromatic carbocycles. The van der Waals surface area contributed by atoms with Crippen LogP contribution in [0, 0.1) is 0 Å². The zero-order valence-electron chi connectivity index (χ0n) is 21.3. The van der Waals surface area contributed by atoms with Crippen molar-refractivity contribution in [2.45, 2.75) is 6.92 Å². The molecule has 186 valence electrons. The van der Waals surface area contributed by atoms with Crippen LogP contribution in [0.3, 0.4) is 0 Å². The van der Waals surface area contributed by atoms with Gasteiger partial charge in [0.25, 0.3) is 0 Å². The van der Waals surface area contributed by atoms with E-state index in [9.17, 15) is 0 Å². The van der Waals surface area contributed by atoms with Gasteiger partial charge in [-0.3, -0.25) is 0 Å². The number of nitrogens with one attached hydrogen (secondary N) is 2. The van der Waals surface area contributed by atoms with Crippen LogP contribution in [0.1, 0.15) is 6.92 Å². The van der Waals surface area contributed by atoms with Gasteiger partial charge in [0.05, 0.1) is 0 Å². The molecule has 0 spiro atoms. The van der Waals surface area contributed by atoms with E-state index in [-0.39, 0.29) is 0 Å². The summed E-state index contributed by atoms with van der Waals surface area (Å²) in [5, 5.41) is 15.3. The molecule has 0 fully saturated rings. The summed E-state index contributed by atoms with van der Waals surface area (Å²) in [5.41, 5.74) is 2.62. The molecule has 0 amide bonds. The van der Waals surface area contributed by atoms with Crippen LogP contribution >= 0.6 is 5.66 Å². The molecule has 6 rings (SSSR count). The van der Waals surface area contributed by atoms with Gasteiger partial charge in [-0.05, 0) is 0 Å². The number of benzene rings is 6. The Bertz CT molecular complexity index is 1740. The molecule has 38 heavy (non-hydrogen) atoms. The summed E-state index contributed by atoms with van der Waals surface area (Å²) in [4.78, 5) is 0. The predicted octanol–water partition coefficient (Wildman–Crippen LogP) is 8.17. The second-order valence-electron chi connectivity index (χ2n) is 9.34. The third-order valence-corrected chi connectivity index (χ3v) is 12.8. The van der Waals surface area contributed by atoms with Crippen LogP contribution in [0.15, 0.2) is 133 Å². The summed E-state index contributed by atoms with van der Waals surface area (Å²) in [6.45, 7) is 3.01. The molecule has 0 radical (unpaired) electrons. The molecule has 2 N–H and O–H groups in total. The number of anilines is 2. The second-order valence-corrected chi connectivity index (χ2v) is 15.3. The molecule has 4 heteroatoms. The molecule has 0 aliphatic rings. The Hall–Kier alpha value is -3.61. The van der Waals surface area contributed by atoms with Gasteiger partial charge in [-0.25, -0.2) is 0 Å². The molecule has 0 saturated heterocycles. The molecular formula is C34H29N2PSe. The van der Waals surface area contributed by atoms with E-state index in [1.54, 1.807) is 0 Å². The fraction of sp³-hybridized carbons (Fsp3) is 0.0588. The quantitative estimate of drug-likeness (QED) is 0.148. The summed E-state index contributed by atoms with van der Waals surface area (Å²) >= 11 is 3.66. The first-order valence-corrected chi connectivity index (χ1v) is 17.0. The monoisotopic (exact) mass is 576 g/mol. The Morgan fingerprint density at radius 1 is 0.526 bits per heavy atom. The minimum absolute atomic E-state index is 0.853. The van der Waals surface area contributed by atoms with Gasteiger partial charge in [0.1, 0.15) is 0 Å². The third-order valence-electron chi connectivity index (χ3n) is 6.99. The summed E-state index contributed by atoms with van der Waals surface area (Å²) in [7, 11) is 0. The zero-order chi connectivity index (χ0) is 26.0. The van der Waals surface area contributed by atoms with Gasteiger partial charge in [0.15, 0.2) is 0 Å². The van der Waals surface area contributed by atoms with Crippen molar-refractivity contribution in [3.63, 3.8) is 0 Å². The van der Waals surface area contributed by atoms with Gasteiger partial charge in [0.2, 0.25) is 0 Å². The minimum atomic E-state index is -2.11. The average molecular weight is 576 g/mol. The van der Waals surface area contributed by atoms with Gasteiger partial charge in [0, 0.05) is 0 Å². The van der Waals surface area contributed by atoms with E-state index in [2.05, 4.69) is 166 Å².